The van der Waals surface area contributed by atoms with Gasteiger partial charge in [0.2, 0.25) is 0 Å². The first-order chi connectivity index (χ1) is 8.81. The third-order valence-corrected chi connectivity index (χ3v) is 4.21. The standard InChI is InChI=1S/C15H22N2O/c18-15-11-17(12-15)14-6-8-16(9-7-14)10-13-4-2-1-3-5-13/h1-5,14-15,18H,6-12H2. The summed E-state index contributed by atoms with van der Waals surface area (Å²) >= 11 is 0. The Labute approximate surface area is 109 Å². The molecule has 2 saturated heterocycles. The SMILES string of the molecule is OC1CN(C2CCN(Cc3ccccc3)CC2)C1. The summed E-state index contributed by atoms with van der Waals surface area (Å²) in [7, 11) is 0. The molecule has 0 atom stereocenters. The number of benzene rings is 1. The molecule has 0 radical (unpaired) electrons. The minimum absolute atomic E-state index is 0.0626. The largest absolute Gasteiger partial charge is 0.390 e. The van der Waals surface area contributed by atoms with Gasteiger partial charge in [-0.1, -0.05) is 30.3 Å². The van der Waals surface area contributed by atoms with E-state index in [4.69, 9.17) is 0 Å². The van der Waals surface area contributed by atoms with E-state index in [2.05, 4.69) is 40.1 Å². The van der Waals surface area contributed by atoms with E-state index in [1.807, 2.05) is 0 Å². The van der Waals surface area contributed by atoms with E-state index < -0.39 is 0 Å². The zero-order chi connectivity index (χ0) is 12.4. The van der Waals surface area contributed by atoms with Gasteiger partial charge in [-0.2, -0.15) is 0 Å². The number of hydrogen-bond acceptors (Lipinski definition) is 3. The zero-order valence-corrected chi connectivity index (χ0v) is 10.8. The van der Waals surface area contributed by atoms with E-state index in [9.17, 15) is 5.11 Å². The molecule has 2 aliphatic rings. The van der Waals surface area contributed by atoms with Gasteiger partial charge in [0.15, 0.2) is 0 Å². The van der Waals surface area contributed by atoms with Crippen LogP contribution in [0.25, 0.3) is 0 Å². The molecular weight excluding hydrogens is 224 g/mol. The van der Waals surface area contributed by atoms with Gasteiger partial charge in [0.25, 0.3) is 0 Å². The van der Waals surface area contributed by atoms with Crippen LogP contribution >= 0.6 is 0 Å². The van der Waals surface area contributed by atoms with Crippen LogP contribution in [-0.2, 0) is 6.54 Å². The van der Waals surface area contributed by atoms with E-state index in [0.717, 1.165) is 19.6 Å². The number of rotatable bonds is 3. The Balaban J connectivity index is 1.45. The van der Waals surface area contributed by atoms with E-state index in [1.165, 1.54) is 31.5 Å². The molecule has 0 amide bonds. The Morgan fingerprint density at radius 3 is 2.33 bits per heavy atom. The van der Waals surface area contributed by atoms with Crippen molar-refractivity contribution in [2.75, 3.05) is 26.2 Å². The molecule has 0 aromatic heterocycles. The van der Waals surface area contributed by atoms with Gasteiger partial charge in [0.1, 0.15) is 0 Å². The van der Waals surface area contributed by atoms with Gasteiger partial charge in [0.05, 0.1) is 6.10 Å². The number of β-amino-alcohol motifs (C(OH)–C–C–N with tert-alkyl or cyclic N) is 1. The van der Waals surface area contributed by atoms with Crippen molar-refractivity contribution in [3.05, 3.63) is 35.9 Å². The van der Waals surface area contributed by atoms with Gasteiger partial charge in [0, 0.05) is 25.7 Å². The second-order valence-electron chi connectivity index (χ2n) is 5.60. The minimum atomic E-state index is -0.0626. The van der Waals surface area contributed by atoms with Gasteiger partial charge >= 0.3 is 0 Å². The molecule has 0 bridgehead atoms. The number of likely N-dealkylation sites (tertiary alicyclic amines) is 2. The van der Waals surface area contributed by atoms with Crippen LogP contribution in [0.15, 0.2) is 30.3 Å². The van der Waals surface area contributed by atoms with Crippen LogP contribution in [0.1, 0.15) is 18.4 Å². The highest BCUT2D eigenvalue weighted by Gasteiger charge is 2.32. The van der Waals surface area contributed by atoms with Crippen LogP contribution in [-0.4, -0.2) is 53.2 Å². The Hall–Kier alpha value is -0.900. The van der Waals surface area contributed by atoms with E-state index in [1.54, 1.807) is 0 Å². The normalized spacial score (nSPS) is 24.1. The lowest BCUT2D eigenvalue weighted by atomic mass is 9.98. The second kappa shape index (κ2) is 5.39. The summed E-state index contributed by atoms with van der Waals surface area (Å²) in [6, 6.07) is 11.4. The van der Waals surface area contributed by atoms with Gasteiger partial charge in [-0.05, 0) is 31.5 Å². The monoisotopic (exact) mass is 246 g/mol. The molecule has 0 unspecified atom stereocenters. The lowest BCUT2D eigenvalue weighted by Gasteiger charge is -2.45. The summed E-state index contributed by atoms with van der Waals surface area (Å²) in [4.78, 5) is 4.98. The summed E-state index contributed by atoms with van der Waals surface area (Å²) in [5.41, 5.74) is 1.41. The molecule has 0 saturated carbocycles. The lowest BCUT2D eigenvalue weighted by Crippen LogP contribution is -2.57. The number of piperidine rings is 1. The highest BCUT2D eigenvalue weighted by atomic mass is 16.3. The molecule has 18 heavy (non-hydrogen) atoms. The number of nitrogens with zero attached hydrogens (tertiary/aromatic N) is 2. The van der Waals surface area contributed by atoms with Gasteiger partial charge < -0.3 is 5.11 Å². The van der Waals surface area contributed by atoms with E-state index in [0.29, 0.717) is 6.04 Å². The van der Waals surface area contributed by atoms with Gasteiger partial charge in [-0.3, -0.25) is 9.80 Å². The Morgan fingerprint density at radius 1 is 1.06 bits per heavy atom. The van der Waals surface area contributed by atoms with Crippen molar-refractivity contribution in [1.82, 2.24) is 9.80 Å². The fraction of sp³-hybridized carbons (Fsp3) is 0.600. The maximum atomic E-state index is 9.34. The predicted octanol–water partition coefficient (Wildman–Crippen LogP) is 1.33. The van der Waals surface area contributed by atoms with Crippen molar-refractivity contribution >= 4 is 0 Å². The van der Waals surface area contributed by atoms with Crippen LogP contribution < -0.4 is 0 Å². The third-order valence-electron chi connectivity index (χ3n) is 4.21. The van der Waals surface area contributed by atoms with E-state index in [-0.39, 0.29) is 6.10 Å². The van der Waals surface area contributed by atoms with Crippen LogP contribution in [0.2, 0.25) is 0 Å². The van der Waals surface area contributed by atoms with Crippen LogP contribution in [0, 0.1) is 0 Å². The molecule has 3 nitrogen and oxygen atoms in total. The van der Waals surface area contributed by atoms with Crippen molar-refractivity contribution in [3.8, 4) is 0 Å². The lowest BCUT2D eigenvalue weighted by molar-refractivity contribution is -0.0402. The first-order valence-corrected chi connectivity index (χ1v) is 6.99. The molecule has 3 rings (SSSR count). The summed E-state index contributed by atoms with van der Waals surface area (Å²) in [6.45, 7) is 5.24. The average Bonchev–Trinajstić information content (AvgIpc) is 2.38. The molecule has 0 spiro atoms. The Kier molecular flexibility index (Phi) is 3.64. The van der Waals surface area contributed by atoms with Crippen molar-refractivity contribution in [2.24, 2.45) is 0 Å². The minimum Gasteiger partial charge on any atom is -0.390 e. The third kappa shape index (κ3) is 2.74. The molecule has 2 heterocycles. The Morgan fingerprint density at radius 2 is 1.72 bits per heavy atom. The van der Waals surface area contributed by atoms with Crippen molar-refractivity contribution in [1.29, 1.82) is 0 Å². The maximum Gasteiger partial charge on any atom is 0.0794 e. The molecule has 2 aliphatic heterocycles. The molecule has 1 aromatic carbocycles. The predicted molar refractivity (Wildman–Crippen MR) is 72.3 cm³/mol. The number of aliphatic hydroxyl groups excluding tert-OH is 1. The topological polar surface area (TPSA) is 26.7 Å². The molecular formula is C15H22N2O. The zero-order valence-electron chi connectivity index (χ0n) is 10.8. The molecule has 0 aliphatic carbocycles. The molecule has 2 fully saturated rings. The highest BCUT2D eigenvalue weighted by Crippen LogP contribution is 2.22. The van der Waals surface area contributed by atoms with E-state index >= 15 is 0 Å². The highest BCUT2D eigenvalue weighted by molar-refractivity contribution is 5.14. The molecule has 98 valence electrons. The summed E-state index contributed by atoms with van der Waals surface area (Å²) in [5, 5.41) is 9.34. The molecule has 1 aromatic rings. The van der Waals surface area contributed by atoms with Gasteiger partial charge in [-0.25, -0.2) is 0 Å². The summed E-state index contributed by atoms with van der Waals surface area (Å²) in [5.74, 6) is 0. The molecule has 1 N–H and O–H groups in total. The molecule has 3 heteroatoms. The fourth-order valence-electron chi connectivity index (χ4n) is 3.07. The second-order valence-corrected chi connectivity index (χ2v) is 5.60. The van der Waals surface area contributed by atoms with Crippen molar-refractivity contribution in [3.63, 3.8) is 0 Å². The maximum absolute atomic E-state index is 9.34. The fourth-order valence-corrected chi connectivity index (χ4v) is 3.07. The summed E-state index contributed by atoms with van der Waals surface area (Å²) in [6.07, 6.45) is 2.44. The summed E-state index contributed by atoms with van der Waals surface area (Å²) < 4.78 is 0. The Bertz CT molecular complexity index is 367. The van der Waals surface area contributed by atoms with Crippen LogP contribution in [0.4, 0.5) is 0 Å². The van der Waals surface area contributed by atoms with Crippen molar-refractivity contribution in [2.45, 2.75) is 31.5 Å². The first kappa shape index (κ1) is 12.2. The number of hydrogen-bond donors (Lipinski definition) is 1. The smallest absolute Gasteiger partial charge is 0.0794 e. The average molecular weight is 246 g/mol. The van der Waals surface area contributed by atoms with Crippen LogP contribution in [0.3, 0.4) is 0 Å². The first-order valence-electron chi connectivity index (χ1n) is 6.99. The number of aliphatic hydroxyl groups is 1. The quantitative estimate of drug-likeness (QED) is 0.871. The van der Waals surface area contributed by atoms with Gasteiger partial charge in [-0.15, -0.1) is 0 Å². The van der Waals surface area contributed by atoms with Crippen LogP contribution in [0.5, 0.6) is 0 Å². The van der Waals surface area contributed by atoms with Crippen molar-refractivity contribution < 1.29 is 5.11 Å².